The van der Waals surface area contributed by atoms with E-state index in [4.69, 9.17) is 5.26 Å². The van der Waals surface area contributed by atoms with Crippen LogP contribution >= 0.6 is 0 Å². The molecule has 1 aromatic heterocycles. The lowest BCUT2D eigenvalue weighted by Gasteiger charge is -2.35. The molecule has 0 aromatic carbocycles. The number of aromatic nitrogens is 1. The van der Waals surface area contributed by atoms with Gasteiger partial charge in [0.1, 0.15) is 11.8 Å². The van der Waals surface area contributed by atoms with E-state index in [1.807, 2.05) is 12.1 Å². The van der Waals surface area contributed by atoms with Crippen molar-refractivity contribution in [2.24, 2.45) is 5.92 Å². The molecule has 0 saturated carbocycles. The zero-order valence-corrected chi connectivity index (χ0v) is 11.1. The molecule has 1 saturated heterocycles. The molecular formula is C14H20N4. The Bertz CT molecular complexity index is 438. The van der Waals surface area contributed by atoms with Crippen LogP contribution in [-0.2, 0) is 6.54 Å². The molecule has 18 heavy (non-hydrogen) atoms. The van der Waals surface area contributed by atoms with E-state index < -0.39 is 0 Å². The number of pyridine rings is 1. The van der Waals surface area contributed by atoms with Gasteiger partial charge in [-0.15, -0.1) is 0 Å². The number of piperidine rings is 1. The minimum atomic E-state index is 0.491. The third-order valence-corrected chi connectivity index (χ3v) is 3.62. The number of nitrogens with one attached hydrogen (secondary N) is 1. The second-order valence-corrected chi connectivity index (χ2v) is 5.18. The number of hydrogen-bond acceptors (Lipinski definition) is 4. The van der Waals surface area contributed by atoms with E-state index in [0.29, 0.717) is 17.7 Å². The highest BCUT2D eigenvalue weighted by atomic mass is 15.1. The van der Waals surface area contributed by atoms with Crippen molar-refractivity contribution in [1.29, 1.82) is 5.26 Å². The Balaban J connectivity index is 1.89. The first-order valence-corrected chi connectivity index (χ1v) is 6.46. The van der Waals surface area contributed by atoms with E-state index in [-0.39, 0.29) is 0 Å². The normalized spacial score (nSPS) is 24.7. The zero-order valence-electron chi connectivity index (χ0n) is 11.1. The summed E-state index contributed by atoms with van der Waals surface area (Å²) in [5, 5.41) is 12.4. The van der Waals surface area contributed by atoms with Gasteiger partial charge >= 0.3 is 0 Å². The van der Waals surface area contributed by atoms with Crippen molar-refractivity contribution in [1.82, 2.24) is 15.2 Å². The van der Waals surface area contributed by atoms with Gasteiger partial charge in [0, 0.05) is 25.3 Å². The van der Waals surface area contributed by atoms with Crippen LogP contribution in [0.3, 0.4) is 0 Å². The van der Waals surface area contributed by atoms with Crippen LogP contribution in [0.15, 0.2) is 18.3 Å². The van der Waals surface area contributed by atoms with Gasteiger partial charge in [0.2, 0.25) is 0 Å². The van der Waals surface area contributed by atoms with Crippen molar-refractivity contribution in [2.75, 3.05) is 20.1 Å². The number of hydrogen-bond donors (Lipinski definition) is 1. The summed E-state index contributed by atoms with van der Waals surface area (Å²) in [7, 11) is 2.18. The van der Waals surface area contributed by atoms with Gasteiger partial charge in [0.05, 0.1) is 0 Å². The predicted molar refractivity (Wildman–Crippen MR) is 70.9 cm³/mol. The minimum absolute atomic E-state index is 0.491. The maximum absolute atomic E-state index is 8.81. The van der Waals surface area contributed by atoms with Gasteiger partial charge in [-0.3, -0.25) is 0 Å². The van der Waals surface area contributed by atoms with Gasteiger partial charge in [-0.05, 0) is 43.6 Å². The fraction of sp³-hybridized carbons (Fsp3) is 0.571. The van der Waals surface area contributed by atoms with Crippen LogP contribution in [0, 0.1) is 17.2 Å². The average molecular weight is 244 g/mol. The molecule has 2 unspecified atom stereocenters. The first-order chi connectivity index (χ1) is 8.69. The molecule has 1 aromatic rings. The monoisotopic (exact) mass is 244 g/mol. The summed E-state index contributed by atoms with van der Waals surface area (Å²) in [5.41, 5.74) is 1.62. The van der Waals surface area contributed by atoms with E-state index in [2.05, 4.69) is 35.2 Å². The molecule has 2 rings (SSSR count). The Labute approximate surface area is 109 Å². The average Bonchev–Trinajstić information content (AvgIpc) is 2.38. The number of nitrogens with zero attached hydrogens (tertiary/aromatic N) is 3. The SMILES string of the molecule is CC1CN(C)CCC1NCc1ccnc(C#N)c1. The molecule has 4 nitrogen and oxygen atoms in total. The van der Waals surface area contributed by atoms with E-state index in [1.165, 1.54) is 6.42 Å². The molecule has 0 radical (unpaired) electrons. The molecule has 2 heterocycles. The molecule has 96 valence electrons. The molecule has 0 bridgehead atoms. The highest BCUT2D eigenvalue weighted by Gasteiger charge is 2.23. The standard InChI is InChI=1S/C14H20N4/c1-11-10-18(2)6-4-14(11)17-9-12-3-5-16-13(7-12)8-15/h3,5,7,11,14,17H,4,6,9-10H2,1-2H3. The maximum atomic E-state index is 8.81. The summed E-state index contributed by atoms with van der Waals surface area (Å²) in [6.07, 6.45) is 2.89. The summed E-state index contributed by atoms with van der Waals surface area (Å²) >= 11 is 0. The third kappa shape index (κ3) is 3.28. The van der Waals surface area contributed by atoms with Crippen molar-refractivity contribution in [3.63, 3.8) is 0 Å². The van der Waals surface area contributed by atoms with Gasteiger partial charge in [-0.1, -0.05) is 6.92 Å². The van der Waals surface area contributed by atoms with E-state index >= 15 is 0 Å². The first kappa shape index (κ1) is 13.0. The van der Waals surface area contributed by atoms with Crippen molar-refractivity contribution < 1.29 is 0 Å². The molecule has 1 N–H and O–H groups in total. The van der Waals surface area contributed by atoms with Crippen LogP contribution in [0.4, 0.5) is 0 Å². The Morgan fingerprint density at radius 3 is 3.17 bits per heavy atom. The molecule has 0 spiro atoms. The lowest BCUT2D eigenvalue weighted by Crippen LogP contribution is -2.46. The molecule has 0 amide bonds. The third-order valence-electron chi connectivity index (χ3n) is 3.62. The molecule has 4 heteroatoms. The smallest absolute Gasteiger partial charge is 0.140 e. The lowest BCUT2D eigenvalue weighted by molar-refractivity contribution is 0.174. The summed E-state index contributed by atoms with van der Waals surface area (Å²) in [6.45, 7) is 5.41. The predicted octanol–water partition coefficient (Wildman–Crippen LogP) is 1.38. The van der Waals surface area contributed by atoms with Crippen LogP contribution in [-0.4, -0.2) is 36.1 Å². The van der Waals surface area contributed by atoms with Crippen molar-refractivity contribution in [3.8, 4) is 6.07 Å². The Hall–Kier alpha value is -1.44. The van der Waals surface area contributed by atoms with E-state index in [9.17, 15) is 0 Å². The largest absolute Gasteiger partial charge is 0.310 e. The zero-order chi connectivity index (χ0) is 13.0. The summed E-state index contributed by atoms with van der Waals surface area (Å²) in [6, 6.07) is 6.46. The van der Waals surface area contributed by atoms with Gasteiger partial charge in [-0.25, -0.2) is 4.98 Å². The van der Waals surface area contributed by atoms with E-state index in [1.54, 1.807) is 6.20 Å². The van der Waals surface area contributed by atoms with Crippen LogP contribution in [0.1, 0.15) is 24.6 Å². The maximum Gasteiger partial charge on any atom is 0.140 e. The van der Waals surface area contributed by atoms with Gasteiger partial charge in [-0.2, -0.15) is 5.26 Å². The van der Waals surface area contributed by atoms with Gasteiger partial charge in [0.25, 0.3) is 0 Å². The molecule has 1 fully saturated rings. The summed E-state index contributed by atoms with van der Waals surface area (Å²) in [4.78, 5) is 6.36. The Morgan fingerprint density at radius 1 is 1.61 bits per heavy atom. The molecular weight excluding hydrogens is 224 g/mol. The number of likely N-dealkylation sites (tertiary alicyclic amines) is 1. The first-order valence-electron chi connectivity index (χ1n) is 6.46. The lowest BCUT2D eigenvalue weighted by atomic mass is 9.94. The Kier molecular flexibility index (Phi) is 4.29. The Morgan fingerprint density at radius 2 is 2.44 bits per heavy atom. The van der Waals surface area contributed by atoms with Crippen LogP contribution in [0.2, 0.25) is 0 Å². The van der Waals surface area contributed by atoms with Crippen molar-refractivity contribution in [2.45, 2.75) is 25.9 Å². The second kappa shape index (κ2) is 5.94. The van der Waals surface area contributed by atoms with Crippen LogP contribution in [0.5, 0.6) is 0 Å². The fourth-order valence-corrected chi connectivity index (χ4v) is 2.55. The fourth-order valence-electron chi connectivity index (χ4n) is 2.55. The molecule has 1 aliphatic rings. The summed E-state index contributed by atoms with van der Waals surface area (Å²) in [5.74, 6) is 0.668. The van der Waals surface area contributed by atoms with Gasteiger partial charge < -0.3 is 10.2 Å². The summed E-state index contributed by atoms with van der Waals surface area (Å²) < 4.78 is 0. The minimum Gasteiger partial charge on any atom is -0.310 e. The number of nitriles is 1. The van der Waals surface area contributed by atoms with Crippen molar-refractivity contribution >= 4 is 0 Å². The molecule has 0 aliphatic carbocycles. The van der Waals surface area contributed by atoms with Gasteiger partial charge in [0.15, 0.2) is 0 Å². The van der Waals surface area contributed by atoms with E-state index in [0.717, 1.165) is 25.2 Å². The topological polar surface area (TPSA) is 52.0 Å². The quantitative estimate of drug-likeness (QED) is 0.873. The number of rotatable bonds is 3. The van der Waals surface area contributed by atoms with Crippen LogP contribution in [0.25, 0.3) is 0 Å². The second-order valence-electron chi connectivity index (χ2n) is 5.18. The molecule has 2 atom stereocenters. The molecule has 1 aliphatic heterocycles. The van der Waals surface area contributed by atoms with Crippen molar-refractivity contribution in [3.05, 3.63) is 29.6 Å². The van der Waals surface area contributed by atoms with Crippen LogP contribution < -0.4 is 5.32 Å². The highest BCUT2D eigenvalue weighted by Crippen LogP contribution is 2.16. The highest BCUT2D eigenvalue weighted by molar-refractivity contribution is 5.25.